The zero-order chi connectivity index (χ0) is 11.5. The molecule has 0 saturated carbocycles. The van der Waals surface area contributed by atoms with Crippen LogP contribution in [0.4, 0.5) is 0 Å². The monoisotopic (exact) mass is 221 g/mol. The summed E-state index contributed by atoms with van der Waals surface area (Å²) in [6, 6.07) is 3.63. The van der Waals surface area contributed by atoms with Crippen molar-refractivity contribution in [2.24, 2.45) is 0 Å². The van der Waals surface area contributed by atoms with E-state index in [-0.39, 0.29) is 5.91 Å². The van der Waals surface area contributed by atoms with Gasteiger partial charge in [0.25, 0.3) is 5.91 Å². The lowest BCUT2D eigenvalue weighted by Gasteiger charge is -2.12. The van der Waals surface area contributed by atoms with Gasteiger partial charge in [0.15, 0.2) is 0 Å². The fraction of sp³-hybridized carbons (Fsp3) is 0.417. The van der Waals surface area contributed by atoms with Gasteiger partial charge in [-0.25, -0.2) is 0 Å². The highest BCUT2D eigenvalue weighted by Gasteiger charge is 2.20. The van der Waals surface area contributed by atoms with E-state index >= 15 is 0 Å². The summed E-state index contributed by atoms with van der Waals surface area (Å²) in [5, 5.41) is 2.79. The zero-order valence-corrected chi connectivity index (χ0v) is 9.50. The highest BCUT2D eigenvalue weighted by Crippen LogP contribution is 2.30. The molecule has 1 aromatic carbocycles. The topological polar surface area (TPSA) is 47.6 Å². The molecule has 0 saturated heterocycles. The van der Waals surface area contributed by atoms with Crippen molar-refractivity contribution in [3.63, 3.8) is 0 Å². The summed E-state index contributed by atoms with van der Waals surface area (Å²) in [6.45, 7) is 5.42. The van der Waals surface area contributed by atoms with Crippen molar-refractivity contribution in [3.8, 4) is 11.5 Å². The Morgan fingerprint density at radius 1 is 1.50 bits per heavy atom. The third-order valence-electron chi connectivity index (χ3n) is 2.55. The molecule has 1 aromatic rings. The van der Waals surface area contributed by atoms with E-state index < -0.39 is 0 Å². The van der Waals surface area contributed by atoms with Crippen LogP contribution in [0.2, 0.25) is 0 Å². The number of nitrogens with one attached hydrogen (secondary N) is 1. The highest BCUT2D eigenvalue weighted by molar-refractivity contribution is 5.99. The lowest BCUT2D eigenvalue weighted by Crippen LogP contribution is -2.25. The lowest BCUT2D eigenvalue weighted by atomic mass is 10.1. The van der Waals surface area contributed by atoms with Gasteiger partial charge in [-0.2, -0.15) is 0 Å². The molecule has 1 heterocycles. The number of benzene rings is 1. The molecule has 0 radical (unpaired) electrons. The number of fused-ring (bicyclic) bond motifs is 1. The first kappa shape index (κ1) is 10.8. The third kappa shape index (κ3) is 1.83. The molecule has 0 fully saturated rings. The van der Waals surface area contributed by atoms with Gasteiger partial charge in [0.1, 0.15) is 18.1 Å². The van der Waals surface area contributed by atoms with E-state index in [2.05, 4.69) is 5.32 Å². The Kier molecular flexibility index (Phi) is 2.99. The second-order valence-corrected chi connectivity index (χ2v) is 3.60. The Labute approximate surface area is 94.6 Å². The average Bonchev–Trinajstić information content (AvgIpc) is 2.45. The molecule has 0 aliphatic carbocycles. The first-order chi connectivity index (χ1) is 7.74. The molecule has 0 aromatic heterocycles. The largest absolute Gasteiger partial charge is 0.494 e. The van der Waals surface area contributed by atoms with Crippen LogP contribution in [0, 0.1) is 6.92 Å². The molecule has 1 amide bonds. The van der Waals surface area contributed by atoms with Crippen LogP contribution in [0.3, 0.4) is 0 Å². The van der Waals surface area contributed by atoms with Gasteiger partial charge in [-0.15, -0.1) is 0 Å². The Morgan fingerprint density at radius 2 is 2.31 bits per heavy atom. The number of ether oxygens (including phenoxy) is 2. The van der Waals surface area contributed by atoms with Crippen molar-refractivity contribution in [3.05, 3.63) is 23.3 Å². The molecular weight excluding hydrogens is 206 g/mol. The molecule has 0 unspecified atom stereocenters. The van der Waals surface area contributed by atoms with E-state index in [1.165, 1.54) is 0 Å². The Balaban J connectivity index is 2.48. The summed E-state index contributed by atoms with van der Waals surface area (Å²) < 4.78 is 11.0. The third-order valence-corrected chi connectivity index (χ3v) is 2.55. The lowest BCUT2D eigenvalue weighted by molar-refractivity contribution is 0.0956. The minimum Gasteiger partial charge on any atom is -0.494 e. The van der Waals surface area contributed by atoms with E-state index in [4.69, 9.17) is 9.47 Å². The van der Waals surface area contributed by atoms with Crippen molar-refractivity contribution < 1.29 is 14.3 Å². The zero-order valence-electron chi connectivity index (χ0n) is 9.50. The van der Waals surface area contributed by atoms with Crippen LogP contribution in [0.25, 0.3) is 0 Å². The maximum absolute atomic E-state index is 11.8. The quantitative estimate of drug-likeness (QED) is 0.823. The van der Waals surface area contributed by atoms with Crippen LogP contribution in [0.1, 0.15) is 22.8 Å². The number of carbonyl (C=O) groups is 1. The molecule has 16 heavy (non-hydrogen) atoms. The van der Waals surface area contributed by atoms with Gasteiger partial charge in [0.05, 0.1) is 18.7 Å². The number of rotatable bonds is 2. The van der Waals surface area contributed by atoms with Crippen LogP contribution < -0.4 is 14.8 Å². The SMILES string of the molecule is CCOc1ccc2c(c1C)C(=O)NCCO2. The fourth-order valence-corrected chi connectivity index (χ4v) is 1.80. The van der Waals surface area contributed by atoms with E-state index in [0.717, 1.165) is 11.3 Å². The van der Waals surface area contributed by atoms with Crippen molar-refractivity contribution >= 4 is 5.91 Å². The molecule has 4 nitrogen and oxygen atoms in total. The number of hydrogen-bond acceptors (Lipinski definition) is 3. The molecule has 0 atom stereocenters. The standard InChI is InChI=1S/C12H15NO3/c1-3-15-9-4-5-10-11(8(9)2)12(14)13-6-7-16-10/h4-5H,3,6-7H2,1-2H3,(H,13,14). The Morgan fingerprint density at radius 3 is 3.06 bits per heavy atom. The van der Waals surface area contributed by atoms with E-state index in [1.807, 2.05) is 19.9 Å². The normalized spacial score (nSPS) is 14.5. The van der Waals surface area contributed by atoms with E-state index in [1.54, 1.807) is 6.07 Å². The van der Waals surface area contributed by atoms with Crippen LogP contribution in [0.15, 0.2) is 12.1 Å². The fourth-order valence-electron chi connectivity index (χ4n) is 1.80. The van der Waals surface area contributed by atoms with Crippen LogP contribution in [-0.4, -0.2) is 25.7 Å². The van der Waals surface area contributed by atoms with Crippen LogP contribution >= 0.6 is 0 Å². The summed E-state index contributed by atoms with van der Waals surface area (Å²) >= 11 is 0. The van der Waals surface area contributed by atoms with Gasteiger partial charge in [-0.05, 0) is 26.0 Å². The molecule has 2 rings (SSSR count). The van der Waals surface area contributed by atoms with Crippen molar-refractivity contribution in [2.45, 2.75) is 13.8 Å². The van der Waals surface area contributed by atoms with Crippen molar-refractivity contribution in [2.75, 3.05) is 19.8 Å². The number of amides is 1. The van der Waals surface area contributed by atoms with Crippen molar-refractivity contribution in [1.29, 1.82) is 0 Å². The summed E-state index contributed by atoms with van der Waals surface area (Å²) in [4.78, 5) is 11.8. The highest BCUT2D eigenvalue weighted by atomic mass is 16.5. The van der Waals surface area contributed by atoms with Gasteiger partial charge >= 0.3 is 0 Å². The summed E-state index contributed by atoms with van der Waals surface area (Å²) in [6.07, 6.45) is 0. The molecule has 1 aliphatic heterocycles. The Hall–Kier alpha value is -1.71. The maximum atomic E-state index is 11.8. The first-order valence-electron chi connectivity index (χ1n) is 5.41. The molecule has 86 valence electrons. The van der Waals surface area contributed by atoms with Crippen LogP contribution in [0.5, 0.6) is 11.5 Å². The molecular formula is C12H15NO3. The summed E-state index contributed by atoms with van der Waals surface area (Å²) in [7, 11) is 0. The second-order valence-electron chi connectivity index (χ2n) is 3.60. The van der Waals surface area contributed by atoms with E-state index in [9.17, 15) is 4.79 Å². The smallest absolute Gasteiger partial charge is 0.255 e. The van der Waals surface area contributed by atoms with Gasteiger partial charge in [0, 0.05) is 5.56 Å². The van der Waals surface area contributed by atoms with Crippen molar-refractivity contribution in [1.82, 2.24) is 5.32 Å². The van der Waals surface area contributed by atoms with Gasteiger partial charge in [-0.3, -0.25) is 4.79 Å². The first-order valence-corrected chi connectivity index (χ1v) is 5.41. The second kappa shape index (κ2) is 4.43. The van der Waals surface area contributed by atoms with Crippen LogP contribution in [-0.2, 0) is 0 Å². The van der Waals surface area contributed by atoms with Gasteiger partial charge in [-0.1, -0.05) is 0 Å². The molecule has 4 heteroatoms. The molecule has 1 aliphatic rings. The predicted molar refractivity (Wildman–Crippen MR) is 60.2 cm³/mol. The summed E-state index contributed by atoms with van der Waals surface area (Å²) in [5.41, 5.74) is 1.42. The maximum Gasteiger partial charge on any atom is 0.255 e. The van der Waals surface area contributed by atoms with Gasteiger partial charge in [0.2, 0.25) is 0 Å². The minimum atomic E-state index is -0.0912. The average molecular weight is 221 g/mol. The Bertz CT molecular complexity index is 415. The minimum absolute atomic E-state index is 0.0912. The van der Waals surface area contributed by atoms with E-state index in [0.29, 0.717) is 31.1 Å². The predicted octanol–water partition coefficient (Wildman–Crippen LogP) is 1.52. The molecule has 1 N–H and O–H groups in total. The molecule has 0 bridgehead atoms. The molecule has 0 spiro atoms. The number of hydrogen-bond donors (Lipinski definition) is 1. The van der Waals surface area contributed by atoms with Gasteiger partial charge < -0.3 is 14.8 Å². The summed E-state index contributed by atoms with van der Waals surface area (Å²) in [5.74, 6) is 1.28. The number of carbonyl (C=O) groups excluding carboxylic acids is 1.